The summed E-state index contributed by atoms with van der Waals surface area (Å²) in [5.41, 5.74) is 2.70. The van der Waals surface area contributed by atoms with Crippen molar-refractivity contribution in [2.75, 3.05) is 13.2 Å². The van der Waals surface area contributed by atoms with Crippen LogP contribution in [-0.2, 0) is 28.8 Å². The Morgan fingerprint density at radius 3 is 2.26 bits per heavy atom. The lowest BCUT2D eigenvalue weighted by molar-refractivity contribution is -0.198. The van der Waals surface area contributed by atoms with E-state index in [1.54, 1.807) is 0 Å². The third kappa shape index (κ3) is 7.04. The zero-order valence-corrected chi connectivity index (χ0v) is 33.3. The molecule has 57 heavy (non-hydrogen) atoms. The summed E-state index contributed by atoms with van der Waals surface area (Å²) >= 11 is 0. The average molecular weight is 784 g/mol. The van der Waals surface area contributed by atoms with E-state index in [1.165, 1.54) is 0 Å². The number of aliphatic hydroxyl groups excluding tert-OH is 1. The number of nitrogens with one attached hydrogen (secondary N) is 2. The molecule has 0 radical (unpaired) electrons. The van der Waals surface area contributed by atoms with Gasteiger partial charge in [-0.05, 0) is 126 Å². The zero-order chi connectivity index (χ0) is 40.3. The third-order valence-corrected chi connectivity index (χ3v) is 15.7. The van der Waals surface area contributed by atoms with Gasteiger partial charge in [0.2, 0.25) is 5.91 Å². The maximum absolute atomic E-state index is 13.1. The highest BCUT2D eigenvalue weighted by Gasteiger charge is 2.64. The number of carbonyl (C=O) groups excluding carboxylic acids is 5. The van der Waals surface area contributed by atoms with E-state index < -0.39 is 41.6 Å². The van der Waals surface area contributed by atoms with Gasteiger partial charge in [0.1, 0.15) is 18.9 Å². The second-order valence-electron chi connectivity index (χ2n) is 18.5. The summed E-state index contributed by atoms with van der Waals surface area (Å²) in [4.78, 5) is 67.4. The minimum Gasteiger partial charge on any atom is -0.449 e. The van der Waals surface area contributed by atoms with Crippen molar-refractivity contribution < 1.29 is 43.8 Å². The van der Waals surface area contributed by atoms with Gasteiger partial charge in [-0.3, -0.25) is 14.4 Å². The predicted molar refractivity (Wildman–Crippen MR) is 208 cm³/mol. The van der Waals surface area contributed by atoms with Crippen LogP contribution in [0.25, 0.3) is 11.1 Å². The van der Waals surface area contributed by atoms with Crippen LogP contribution in [0.2, 0.25) is 0 Å². The van der Waals surface area contributed by atoms with Crippen LogP contribution in [0, 0.1) is 46.3 Å². The molecule has 0 spiro atoms. The first-order chi connectivity index (χ1) is 27.2. The molecule has 4 N–H and O–H groups in total. The Hall–Kier alpha value is -4.29. The Morgan fingerprint density at radius 2 is 1.58 bits per heavy atom. The Kier molecular flexibility index (Phi) is 10.5. The van der Waals surface area contributed by atoms with E-state index in [4.69, 9.17) is 9.57 Å². The number of imide groups is 1. The van der Waals surface area contributed by atoms with Gasteiger partial charge >= 0.3 is 12.1 Å². The highest BCUT2D eigenvalue weighted by Crippen LogP contribution is 2.68. The topological polar surface area (TPSA) is 172 Å². The van der Waals surface area contributed by atoms with E-state index in [0.29, 0.717) is 48.5 Å². The van der Waals surface area contributed by atoms with E-state index in [9.17, 15) is 34.2 Å². The number of aliphatic hydroxyl groups is 2. The number of hydrogen-bond acceptors (Lipinski definition) is 9. The fraction of sp³-hybridized carbons (Fsp3) is 0.622. The van der Waals surface area contributed by atoms with Crippen molar-refractivity contribution in [3.8, 4) is 11.1 Å². The smallest absolute Gasteiger partial charge is 0.407 e. The summed E-state index contributed by atoms with van der Waals surface area (Å²) in [7, 11) is 0. The molecule has 5 fully saturated rings. The van der Waals surface area contributed by atoms with Gasteiger partial charge in [-0.25, -0.2) is 9.59 Å². The molecule has 4 amide bonds. The molecule has 0 aromatic heterocycles. The average Bonchev–Trinajstić information content (AvgIpc) is 3.83. The van der Waals surface area contributed by atoms with E-state index in [-0.39, 0.29) is 66.9 Å². The Labute approximate surface area is 334 Å². The molecule has 5 aliphatic carbocycles. The highest BCUT2D eigenvalue weighted by atomic mass is 16.7. The van der Waals surface area contributed by atoms with Gasteiger partial charge < -0.3 is 30.4 Å². The molecule has 12 heteroatoms. The maximum atomic E-state index is 13.1. The van der Waals surface area contributed by atoms with Gasteiger partial charge in [-0.1, -0.05) is 69.3 Å². The lowest BCUT2D eigenvalue weighted by Crippen LogP contribution is -2.62. The number of hydroxylamine groups is 2. The summed E-state index contributed by atoms with van der Waals surface area (Å²) in [6.07, 6.45) is 5.71. The molecule has 0 unspecified atom stereocenters. The summed E-state index contributed by atoms with van der Waals surface area (Å²) < 4.78 is 5.60. The normalized spacial score (nSPS) is 34.6. The first kappa shape index (κ1) is 39.5. The van der Waals surface area contributed by atoms with Gasteiger partial charge in [0.25, 0.3) is 11.8 Å². The van der Waals surface area contributed by atoms with E-state index in [2.05, 4.69) is 55.7 Å². The molecular weight excluding hydrogens is 727 g/mol. The van der Waals surface area contributed by atoms with Crippen molar-refractivity contribution in [1.29, 1.82) is 0 Å². The van der Waals surface area contributed by atoms with E-state index in [1.807, 2.05) is 24.3 Å². The standard InChI is InChI=1S/C45H57N3O9/c1-26(12-19-41(53)57-48-39(51)17-18-40(48)52)34-15-16-35-32-14-13-27-23-45(55,21-20-43(27,2)36(32)22-37(49)44(34,35)3)47-38(50)24-46-42(54)56-25-33-30-10-6-4-8-28(30)29-9-5-7-11-31(29)33/h4-11,26-27,32-37,49,55H,12-25H2,1-3H3,(H,46,54)(H,47,50)/t26-,27-,32+,34-,35+,36+,37+,43+,44-,45-/m1/s1. The molecule has 1 aliphatic heterocycles. The minimum atomic E-state index is -1.39. The van der Waals surface area contributed by atoms with E-state index in [0.717, 1.165) is 54.4 Å². The number of carbonyl (C=O) groups is 5. The van der Waals surface area contributed by atoms with Crippen molar-refractivity contribution in [1.82, 2.24) is 15.7 Å². The number of alkyl carbamates (subject to hydrolysis) is 1. The summed E-state index contributed by atoms with van der Waals surface area (Å²) in [6, 6.07) is 16.2. The van der Waals surface area contributed by atoms with Crippen LogP contribution in [0.5, 0.6) is 0 Å². The number of benzene rings is 2. The van der Waals surface area contributed by atoms with Crippen molar-refractivity contribution in [3.63, 3.8) is 0 Å². The van der Waals surface area contributed by atoms with Crippen LogP contribution < -0.4 is 10.6 Å². The lowest BCUT2D eigenvalue weighted by Gasteiger charge is -2.63. The number of fused-ring (bicyclic) bond motifs is 8. The van der Waals surface area contributed by atoms with Crippen LogP contribution >= 0.6 is 0 Å². The fourth-order valence-corrected chi connectivity index (χ4v) is 12.7. The number of hydrogen-bond donors (Lipinski definition) is 4. The molecule has 2 aromatic rings. The first-order valence-electron chi connectivity index (χ1n) is 21.1. The monoisotopic (exact) mass is 783 g/mol. The van der Waals surface area contributed by atoms with Gasteiger partial charge in [0.05, 0.1) is 6.10 Å². The fourth-order valence-electron chi connectivity index (χ4n) is 12.7. The number of nitrogens with zero attached hydrogens (tertiary/aromatic N) is 1. The van der Waals surface area contributed by atoms with Crippen LogP contribution in [0.15, 0.2) is 48.5 Å². The molecule has 6 aliphatic rings. The van der Waals surface area contributed by atoms with Gasteiger partial charge in [-0.2, -0.15) is 0 Å². The molecule has 0 bridgehead atoms. The zero-order valence-electron chi connectivity index (χ0n) is 33.3. The molecule has 8 rings (SSSR count). The molecule has 4 saturated carbocycles. The van der Waals surface area contributed by atoms with Crippen LogP contribution in [0.3, 0.4) is 0 Å². The largest absolute Gasteiger partial charge is 0.449 e. The third-order valence-electron chi connectivity index (χ3n) is 15.7. The summed E-state index contributed by atoms with van der Waals surface area (Å²) in [5.74, 6) is -0.501. The number of rotatable bonds is 10. The number of amides is 4. The van der Waals surface area contributed by atoms with Gasteiger partial charge in [0, 0.05) is 25.2 Å². The number of ether oxygens (including phenoxy) is 1. The molecular formula is C45H57N3O9. The lowest BCUT2D eigenvalue weighted by atomic mass is 9.43. The van der Waals surface area contributed by atoms with Crippen molar-refractivity contribution in [3.05, 3.63) is 59.7 Å². The first-order valence-corrected chi connectivity index (χ1v) is 21.1. The maximum Gasteiger partial charge on any atom is 0.407 e. The molecule has 12 nitrogen and oxygen atoms in total. The summed E-state index contributed by atoms with van der Waals surface area (Å²) in [6.45, 7) is 6.54. The van der Waals surface area contributed by atoms with Gasteiger partial charge in [-0.15, -0.1) is 5.06 Å². The molecule has 10 atom stereocenters. The Morgan fingerprint density at radius 1 is 0.912 bits per heavy atom. The van der Waals surface area contributed by atoms with Crippen LogP contribution in [0.1, 0.15) is 115 Å². The SMILES string of the molecule is C[C@H](CCC(=O)ON1C(=O)CCC1=O)[C@H]1CC[C@H]2[C@@H]3CC[C@@H]4C[C@@](O)(NC(=O)CNC(=O)OCC5c6ccccc6-c6ccccc65)CC[C@]4(C)[C@H]3C[C@H](O)[C@]12C. The molecule has 306 valence electrons. The molecule has 1 saturated heterocycles. The highest BCUT2D eigenvalue weighted by molar-refractivity contribution is 6.01. The second-order valence-corrected chi connectivity index (χ2v) is 18.5. The molecule has 1 heterocycles. The van der Waals surface area contributed by atoms with Crippen molar-refractivity contribution >= 4 is 29.8 Å². The predicted octanol–water partition coefficient (Wildman–Crippen LogP) is 5.98. The Balaban J connectivity index is 0.826. The molecule has 2 aromatic carbocycles. The quantitative estimate of drug-likeness (QED) is 0.167. The summed E-state index contributed by atoms with van der Waals surface area (Å²) in [5, 5.41) is 29.8. The van der Waals surface area contributed by atoms with Crippen molar-refractivity contribution in [2.45, 2.75) is 116 Å². The second kappa shape index (κ2) is 15.1. The van der Waals surface area contributed by atoms with Gasteiger partial charge in [0.15, 0.2) is 0 Å². The van der Waals surface area contributed by atoms with E-state index >= 15 is 0 Å². The van der Waals surface area contributed by atoms with Crippen molar-refractivity contribution in [2.24, 2.45) is 46.3 Å². The minimum absolute atomic E-state index is 0.0623. The van der Waals surface area contributed by atoms with Crippen LogP contribution in [0.4, 0.5) is 4.79 Å². The van der Waals surface area contributed by atoms with Crippen LogP contribution in [-0.4, -0.2) is 70.0 Å². The Bertz CT molecular complexity index is 1870.